The number of likely N-dealkylation sites (tertiary alicyclic amines) is 1. The van der Waals surface area contributed by atoms with Crippen molar-refractivity contribution in [1.29, 1.82) is 0 Å². The Kier molecular flexibility index (Phi) is 13.3. The molecule has 2 N–H and O–H groups in total. The summed E-state index contributed by atoms with van der Waals surface area (Å²) in [4.78, 5) is 11.4. The summed E-state index contributed by atoms with van der Waals surface area (Å²) >= 11 is 1.74. The van der Waals surface area contributed by atoms with Crippen LogP contribution >= 0.6 is 35.3 Å². The maximum absolute atomic E-state index is 5.61. The monoisotopic (exact) mass is 523 g/mol. The first-order valence-corrected chi connectivity index (χ1v) is 11.1. The Balaban J connectivity index is 0.00000392. The highest BCUT2D eigenvalue weighted by atomic mass is 127. The van der Waals surface area contributed by atoms with E-state index in [0.29, 0.717) is 11.8 Å². The highest BCUT2D eigenvalue weighted by Gasteiger charge is 2.20. The van der Waals surface area contributed by atoms with E-state index in [4.69, 9.17) is 4.74 Å². The van der Waals surface area contributed by atoms with E-state index in [2.05, 4.69) is 51.7 Å². The van der Waals surface area contributed by atoms with E-state index < -0.39 is 0 Å². The van der Waals surface area contributed by atoms with Gasteiger partial charge in [-0.2, -0.15) is 0 Å². The molecule has 6 nitrogen and oxygen atoms in total. The van der Waals surface area contributed by atoms with Crippen LogP contribution in [0.15, 0.2) is 10.4 Å². The highest BCUT2D eigenvalue weighted by molar-refractivity contribution is 14.0. The second-order valence-corrected chi connectivity index (χ2v) is 8.84. The van der Waals surface area contributed by atoms with Gasteiger partial charge in [0.05, 0.1) is 10.7 Å². The number of aromatic nitrogens is 1. The third-order valence-corrected chi connectivity index (χ3v) is 5.57. The predicted molar refractivity (Wildman–Crippen MR) is 130 cm³/mol. The Labute approximate surface area is 192 Å². The van der Waals surface area contributed by atoms with Crippen LogP contribution in [0.2, 0.25) is 0 Å². The minimum atomic E-state index is 0. The van der Waals surface area contributed by atoms with E-state index in [1.54, 1.807) is 11.3 Å². The lowest BCUT2D eigenvalue weighted by atomic mass is 9.97. The average molecular weight is 524 g/mol. The molecule has 0 radical (unpaired) electrons. The summed E-state index contributed by atoms with van der Waals surface area (Å²) in [7, 11) is 1.84. The third kappa shape index (κ3) is 10.4. The minimum absolute atomic E-state index is 0. The van der Waals surface area contributed by atoms with Crippen LogP contribution < -0.4 is 10.6 Å². The number of hydrogen-bond acceptors (Lipinski definition) is 5. The summed E-state index contributed by atoms with van der Waals surface area (Å²) < 4.78 is 5.61. The molecule has 0 aliphatic carbocycles. The van der Waals surface area contributed by atoms with Crippen molar-refractivity contribution >= 4 is 41.3 Å². The van der Waals surface area contributed by atoms with Crippen molar-refractivity contribution in [3.8, 4) is 0 Å². The summed E-state index contributed by atoms with van der Waals surface area (Å²) in [5.74, 6) is 2.22. The van der Waals surface area contributed by atoms with E-state index in [0.717, 1.165) is 63.3 Å². The average Bonchev–Trinajstić information content (AvgIpc) is 3.06. The molecule has 0 atom stereocenters. The van der Waals surface area contributed by atoms with Crippen LogP contribution in [0.4, 0.5) is 0 Å². The normalized spacial score (nSPS) is 16.2. The maximum Gasteiger partial charge on any atom is 0.190 e. The van der Waals surface area contributed by atoms with Gasteiger partial charge >= 0.3 is 0 Å². The van der Waals surface area contributed by atoms with Gasteiger partial charge < -0.3 is 15.4 Å². The number of guanidine groups is 1. The van der Waals surface area contributed by atoms with Crippen LogP contribution in [0.1, 0.15) is 43.8 Å². The quantitative estimate of drug-likeness (QED) is 0.213. The Hall–Kier alpha value is -0.450. The second kappa shape index (κ2) is 14.5. The molecule has 2 heterocycles. The Morgan fingerprint density at radius 2 is 2.11 bits per heavy atom. The van der Waals surface area contributed by atoms with Gasteiger partial charge in [0.1, 0.15) is 0 Å². The van der Waals surface area contributed by atoms with Crippen molar-refractivity contribution in [3.63, 3.8) is 0 Å². The summed E-state index contributed by atoms with van der Waals surface area (Å²) in [6, 6.07) is 0. The molecule has 1 aromatic rings. The van der Waals surface area contributed by atoms with Gasteiger partial charge in [0.15, 0.2) is 5.96 Å². The number of halogens is 1. The molecule has 0 saturated carbocycles. The van der Waals surface area contributed by atoms with Crippen molar-refractivity contribution in [2.24, 2.45) is 16.8 Å². The molecule has 0 bridgehead atoms. The lowest BCUT2D eigenvalue weighted by molar-refractivity contribution is 0.108. The zero-order valence-corrected chi connectivity index (χ0v) is 21.0. The van der Waals surface area contributed by atoms with E-state index in [9.17, 15) is 0 Å². The van der Waals surface area contributed by atoms with Crippen LogP contribution in [0.25, 0.3) is 0 Å². The van der Waals surface area contributed by atoms with Crippen molar-refractivity contribution in [2.75, 3.05) is 46.4 Å². The predicted octanol–water partition coefficient (Wildman–Crippen LogP) is 3.51. The molecule has 0 unspecified atom stereocenters. The van der Waals surface area contributed by atoms with Crippen molar-refractivity contribution < 1.29 is 4.74 Å². The molecule has 28 heavy (non-hydrogen) atoms. The van der Waals surface area contributed by atoms with E-state index in [1.165, 1.54) is 18.5 Å². The van der Waals surface area contributed by atoms with E-state index >= 15 is 0 Å². The van der Waals surface area contributed by atoms with Crippen molar-refractivity contribution in [2.45, 2.75) is 46.6 Å². The maximum atomic E-state index is 5.61. The SMILES string of the molecule is CN=C(NCCCOCC(C)C)NCC1CCN(Cc2csc(C)n2)CC1.I. The molecule has 1 aliphatic heterocycles. The first kappa shape index (κ1) is 25.6. The van der Waals surface area contributed by atoms with Gasteiger partial charge in [0, 0.05) is 45.3 Å². The van der Waals surface area contributed by atoms with Crippen LogP contribution in [-0.4, -0.2) is 62.3 Å². The number of nitrogens with zero attached hydrogens (tertiary/aromatic N) is 3. The Bertz CT molecular complexity index is 559. The first-order chi connectivity index (χ1) is 13.1. The molecular weight excluding hydrogens is 485 g/mol. The van der Waals surface area contributed by atoms with Crippen LogP contribution in [-0.2, 0) is 11.3 Å². The number of hydrogen-bond donors (Lipinski definition) is 2. The number of piperidine rings is 1. The summed E-state index contributed by atoms with van der Waals surface area (Å²) in [5, 5.41) is 10.2. The minimum Gasteiger partial charge on any atom is -0.381 e. The molecule has 0 amide bonds. The van der Waals surface area contributed by atoms with Gasteiger partial charge in [-0.05, 0) is 51.1 Å². The molecule has 1 saturated heterocycles. The number of rotatable bonds is 10. The van der Waals surface area contributed by atoms with Gasteiger partial charge in [0.25, 0.3) is 0 Å². The summed E-state index contributed by atoms with van der Waals surface area (Å²) in [6.07, 6.45) is 3.47. The standard InChI is InChI=1S/C20H37N5OS.HI/c1-16(2)14-26-11-5-8-22-20(21-4)23-12-18-6-9-25(10-7-18)13-19-15-27-17(3)24-19;/h15-16,18H,5-14H2,1-4H3,(H2,21,22,23);1H. The molecule has 0 aromatic carbocycles. The molecule has 2 rings (SSSR count). The zero-order valence-electron chi connectivity index (χ0n) is 17.9. The lowest BCUT2D eigenvalue weighted by Crippen LogP contribution is -2.43. The molecule has 0 spiro atoms. The molecule has 1 fully saturated rings. The topological polar surface area (TPSA) is 61.8 Å². The fraction of sp³-hybridized carbons (Fsp3) is 0.800. The first-order valence-electron chi connectivity index (χ1n) is 10.2. The smallest absolute Gasteiger partial charge is 0.190 e. The van der Waals surface area contributed by atoms with Gasteiger partial charge in [-0.25, -0.2) is 4.98 Å². The fourth-order valence-electron chi connectivity index (χ4n) is 3.22. The van der Waals surface area contributed by atoms with Crippen LogP contribution in [0.3, 0.4) is 0 Å². The molecule has 162 valence electrons. The number of aryl methyl sites for hydroxylation is 1. The molecule has 8 heteroatoms. The van der Waals surface area contributed by atoms with E-state index in [1.807, 2.05) is 7.05 Å². The van der Waals surface area contributed by atoms with E-state index in [-0.39, 0.29) is 24.0 Å². The van der Waals surface area contributed by atoms with Gasteiger partial charge in [-0.1, -0.05) is 13.8 Å². The second-order valence-electron chi connectivity index (χ2n) is 7.78. The Morgan fingerprint density at radius 1 is 1.36 bits per heavy atom. The molecule has 1 aromatic heterocycles. The largest absolute Gasteiger partial charge is 0.381 e. The van der Waals surface area contributed by atoms with Crippen molar-refractivity contribution in [3.05, 3.63) is 16.1 Å². The molecule has 1 aliphatic rings. The zero-order chi connectivity index (χ0) is 19.5. The van der Waals surface area contributed by atoms with Gasteiger partial charge in [-0.15, -0.1) is 35.3 Å². The lowest BCUT2D eigenvalue weighted by Gasteiger charge is -2.31. The Morgan fingerprint density at radius 3 is 2.71 bits per heavy atom. The van der Waals surface area contributed by atoms with Gasteiger partial charge in [-0.3, -0.25) is 9.89 Å². The van der Waals surface area contributed by atoms with Gasteiger partial charge in [0.2, 0.25) is 0 Å². The number of aliphatic imine (C=N–C) groups is 1. The van der Waals surface area contributed by atoms with Crippen LogP contribution in [0.5, 0.6) is 0 Å². The molecular formula is C20H38IN5OS. The third-order valence-electron chi connectivity index (χ3n) is 4.75. The number of ether oxygens (including phenoxy) is 1. The number of thiazole rings is 1. The summed E-state index contributed by atoms with van der Waals surface area (Å²) in [5.41, 5.74) is 1.22. The highest BCUT2D eigenvalue weighted by Crippen LogP contribution is 2.19. The fourth-order valence-corrected chi connectivity index (χ4v) is 3.82. The number of nitrogens with one attached hydrogen (secondary N) is 2. The van der Waals surface area contributed by atoms with Crippen molar-refractivity contribution in [1.82, 2.24) is 20.5 Å². The summed E-state index contributed by atoms with van der Waals surface area (Å²) in [6.45, 7) is 13.3. The van der Waals surface area contributed by atoms with Crippen LogP contribution in [0, 0.1) is 18.8 Å².